The van der Waals surface area contributed by atoms with Gasteiger partial charge in [0.2, 0.25) is 0 Å². The highest BCUT2D eigenvalue weighted by molar-refractivity contribution is 9.10. The Labute approximate surface area is 129 Å². The van der Waals surface area contributed by atoms with Crippen LogP contribution < -0.4 is 10.6 Å². The maximum Gasteiger partial charge on any atom is 0.319 e. The van der Waals surface area contributed by atoms with Crippen molar-refractivity contribution in [3.05, 3.63) is 27.7 Å². The Bertz CT molecular complexity index is 538. The van der Waals surface area contributed by atoms with Crippen molar-refractivity contribution in [1.29, 1.82) is 0 Å². The van der Waals surface area contributed by atoms with Gasteiger partial charge in [0, 0.05) is 10.5 Å². The second-order valence-corrected chi connectivity index (χ2v) is 6.03. The van der Waals surface area contributed by atoms with E-state index < -0.39 is 17.9 Å². The lowest BCUT2D eigenvalue weighted by Crippen LogP contribution is -2.42. The number of anilines is 1. The SMILES string of the molecule is O=C(Nc1cc(Br)ccc1Cl)NC1CCCC1C(=O)O. The Morgan fingerprint density at radius 1 is 1.35 bits per heavy atom. The number of halogens is 2. The summed E-state index contributed by atoms with van der Waals surface area (Å²) in [5.41, 5.74) is 0.475. The Hall–Kier alpha value is -1.27. The molecule has 1 aromatic rings. The lowest BCUT2D eigenvalue weighted by Gasteiger charge is -2.18. The number of carbonyl (C=O) groups excluding carboxylic acids is 1. The lowest BCUT2D eigenvalue weighted by molar-refractivity contribution is -0.142. The molecule has 108 valence electrons. The first-order chi connectivity index (χ1) is 9.47. The number of urea groups is 1. The van der Waals surface area contributed by atoms with Crippen molar-refractivity contribution in [2.24, 2.45) is 5.92 Å². The first-order valence-electron chi connectivity index (χ1n) is 6.23. The molecule has 1 aliphatic carbocycles. The minimum Gasteiger partial charge on any atom is -0.481 e. The third kappa shape index (κ3) is 3.64. The monoisotopic (exact) mass is 360 g/mol. The molecule has 5 nitrogen and oxygen atoms in total. The Morgan fingerprint density at radius 3 is 2.80 bits per heavy atom. The molecule has 0 radical (unpaired) electrons. The highest BCUT2D eigenvalue weighted by atomic mass is 79.9. The molecule has 2 atom stereocenters. The summed E-state index contributed by atoms with van der Waals surface area (Å²) < 4.78 is 0.793. The molecule has 2 unspecified atom stereocenters. The maximum absolute atomic E-state index is 11.9. The van der Waals surface area contributed by atoms with Gasteiger partial charge in [-0.2, -0.15) is 0 Å². The molecule has 0 aliphatic heterocycles. The van der Waals surface area contributed by atoms with Gasteiger partial charge in [0.05, 0.1) is 16.6 Å². The van der Waals surface area contributed by atoms with Crippen LogP contribution in [-0.2, 0) is 4.79 Å². The highest BCUT2D eigenvalue weighted by Gasteiger charge is 2.33. The van der Waals surface area contributed by atoms with Crippen LogP contribution in [0.15, 0.2) is 22.7 Å². The van der Waals surface area contributed by atoms with Gasteiger partial charge in [-0.3, -0.25) is 4.79 Å². The maximum atomic E-state index is 11.9. The zero-order valence-electron chi connectivity index (χ0n) is 10.5. The van der Waals surface area contributed by atoms with Gasteiger partial charge in [0.25, 0.3) is 0 Å². The number of carboxylic acid groups (broad SMARTS) is 1. The van der Waals surface area contributed by atoms with Gasteiger partial charge >= 0.3 is 12.0 Å². The Balaban J connectivity index is 1.99. The third-order valence-electron chi connectivity index (χ3n) is 3.33. The fourth-order valence-electron chi connectivity index (χ4n) is 2.35. The number of benzene rings is 1. The number of carboxylic acids is 1. The van der Waals surface area contributed by atoms with Crippen molar-refractivity contribution >= 4 is 45.2 Å². The van der Waals surface area contributed by atoms with Crippen LogP contribution in [0.2, 0.25) is 5.02 Å². The summed E-state index contributed by atoms with van der Waals surface area (Å²) >= 11 is 9.27. The van der Waals surface area contributed by atoms with E-state index in [4.69, 9.17) is 16.7 Å². The van der Waals surface area contributed by atoms with E-state index in [2.05, 4.69) is 26.6 Å². The van der Waals surface area contributed by atoms with Crippen LogP contribution in [0.4, 0.5) is 10.5 Å². The third-order valence-corrected chi connectivity index (χ3v) is 4.15. The summed E-state index contributed by atoms with van der Waals surface area (Å²) in [6, 6.07) is 4.34. The van der Waals surface area contributed by atoms with Gasteiger partial charge < -0.3 is 15.7 Å². The van der Waals surface area contributed by atoms with Gasteiger partial charge in [-0.1, -0.05) is 34.0 Å². The van der Waals surface area contributed by atoms with E-state index in [0.29, 0.717) is 23.6 Å². The quantitative estimate of drug-likeness (QED) is 0.771. The smallest absolute Gasteiger partial charge is 0.319 e. The largest absolute Gasteiger partial charge is 0.481 e. The van der Waals surface area contributed by atoms with Crippen molar-refractivity contribution in [2.45, 2.75) is 25.3 Å². The van der Waals surface area contributed by atoms with Crippen LogP contribution in [0.1, 0.15) is 19.3 Å². The minimum atomic E-state index is -0.867. The van der Waals surface area contributed by atoms with Gasteiger partial charge in [0.15, 0.2) is 0 Å². The molecule has 1 fully saturated rings. The number of aliphatic carboxylic acids is 1. The normalized spacial score (nSPS) is 21.5. The van der Waals surface area contributed by atoms with Crippen LogP contribution in [-0.4, -0.2) is 23.1 Å². The standard InChI is InChI=1S/C13H14BrClN2O3/c14-7-4-5-9(15)11(6-7)17-13(20)16-10-3-1-2-8(10)12(18)19/h4-6,8,10H,1-3H2,(H,18,19)(H2,16,17,20). The fraction of sp³-hybridized carbons (Fsp3) is 0.385. The van der Waals surface area contributed by atoms with Crippen LogP contribution in [0.5, 0.6) is 0 Å². The number of nitrogens with one attached hydrogen (secondary N) is 2. The summed E-state index contributed by atoms with van der Waals surface area (Å²) in [5, 5.41) is 14.8. The zero-order chi connectivity index (χ0) is 14.7. The minimum absolute atomic E-state index is 0.335. The number of hydrogen-bond acceptors (Lipinski definition) is 2. The Morgan fingerprint density at radius 2 is 2.10 bits per heavy atom. The van der Waals surface area contributed by atoms with E-state index in [1.54, 1.807) is 18.2 Å². The molecule has 1 saturated carbocycles. The number of rotatable bonds is 3. The van der Waals surface area contributed by atoms with Crippen LogP contribution in [0.25, 0.3) is 0 Å². The second-order valence-electron chi connectivity index (χ2n) is 4.70. The van der Waals surface area contributed by atoms with Crippen molar-refractivity contribution in [1.82, 2.24) is 5.32 Å². The van der Waals surface area contributed by atoms with Gasteiger partial charge in [-0.05, 0) is 31.0 Å². The molecule has 0 spiro atoms. The van der Waals surface area contributed by atoms with E-state index in [9.17, 15) is 9.59 Å². The topological polar surface area (TPSA) is 78.4 Å². The average Bonchev–Trinajstić information content (AvgIpc) is 2.82. The summed E-state index contributed by atoms with van der Waals surface area (Å²) in [5.74, 6) is -1.38. The summed E-state index contributed by atoms with van der Waals surface area (Å²) in [6.45, 7) is 0. The van der Waals surface area contributed by atoms with Gasteiger partial charge in [0.1, 0.15) is 0 Å². The van der Waals surface area contributed by atoms with E-state index >= 15 is 0 Å². The van der Waals surface area contributed by atoms with E-state index in [1.165, 1.54) is 0 Å². The van der Waals surface area contributed by atoms with Crippen molar-refractivity contribution < 1.29 is 14.7 Å². The zero-order valence-corrected chi connectivity index (χ0v) is 12.9. The average molecular weight is 362 g/mol. The predicted molar refractivity (Wildman–Crippen MR) is 80.1 cm³/mol. The summed E-state index contributed by atoms with van der Waals surface area (Å²) in [6.07, 6.45) is 2.08. The summed E-state index contributed by atoms with van der Waals surface area (Å²) in [7, 11) is 0. The molecule has 3 N–H and O–H groups in total. The molecule has 0 heterocycles. The molecular formula is C13H14BrClN2O3. The molecule has 1 aromatic carbocycles. The summed E-state index contributed by atoms with van der Waals surface area (Å²) in [4.78, 5) is 23.0. The first-order valence-corrected chi connectivity index (χ1v) is 7.40. The molecule has 2 amide bonds. The molecule has 0 saturated heterocycles. The van der Waals surface area contributed by atoms with Gasteiger partial charge in [-0.15, -0.1) is 0 Å². The van der Waals surface area contributed by atoms with E-state index in [0.717, 1.165) is 10.9 Å². The van der Waals surface area contributed by atoms with Crippen LogP contribution in [0, 0.1) is 5.92 Å². The number of amides is 2. The molecule has 20 heavy (non-hydrogen) atoms. The Kier molecular flexibility index (Phi) is 4.88. The molecule has 7 heteroatoms. The molecule has 2 rings (SSSR count). The molecule has 1 aliphatic rings. The van der Waals surface area contributed by atoms with Crippen LogP contribution in [0.3, 0.4) is 0 Å². The van der Waals surface area contributed by atoms with Crippen molar-refractivity contribution in [3.8, 4) is 0 Å². The molecule has 0 bridgehead atoms. The van der Waals surface area contributed by atoms with Crippen LogP contribution >= 0.6 is 27.5 Å². The lowest BCUT2D eigenvalue weighted by atomic mass is 10.0. The molecule has 0 aromatic heterocycles. The number of hydrogen-bond donors (Lipinski definition) is 3. The van der Waals surface area contributed by atoms with Gasteiger partial charge in [-0.25, -0.2) is 4.79 Å². The highest BCUT2D eigenvalue weighted by Crippen LogP contribution is 2.27. The first kappa shape index (κ1) is 15.1. The number of carbonyl (C=O) groups is 2. The van der Waals surface area contributed by atoms with E-state index in [-0.39, 0.29) is 6.04 Å². The fourth-order valence-corrected chi connectivity index (χ4v) is 2.87. The van der Waals surface area contributed by atoms with Crippen molar-refractivity contribution in [2.75, 3.05) is 5.32 Å². The van der Waals surface area contributed by atoms with E-state index in [1.807, 2.05) is 0 Å². The van der Waals surface area contributed by atoms with Crippen molar-refractivity contribution in [3.63, 3.8) is 0 Å². The molecular weight excluding hydrogens is 348 g/mol. The second kappa shape index (κ2) is 6.45. The predicted octanol–water partition coefficient (Wildman–Crippen LogP) is 3.48.